The largest absolute Gasteiger partial charge is 0.325 e. The van der Waals surface area contributed by atoms with Crippen molar-refractivity contribution in [1.29, 1.82) is 0 Å². The number of hydrogen-bond donors (Lipinski definition) is 1. The van der Waals surface area contributed by atoms with Crippen LogP contribution in [0, 0.1) is 6.92 Å². The van der Waals surface area contributed by atoms with Crippen LogP contribution in [0.25, 0.3) is 0 Å². The van der Waals surface area contributed by atoms with Gasteiger partial charge in [-0.2, -0.15) is 0 Å². The van der Waals surface area contributed by atoms with E-state index in [-0.39, 0.29) is 11.2 Å². The van der Waals surface area contributed by atoms with Crippen LogP contribution in [0.1, 0.15) is 76.2 Å². The predicted octanol–water partition coefficient (Wildman–Crippen LogP) is 5.33. The minimum atomic E-state index is -0.235. The number of nitrogens with zero attached hydrogens (tertiary/aromatic N) is 3. The van der Waals surface area contributed by atoms with Crippen molar-refractivity contribution in [3.8, 4) is 0 Å². The molecule has 1 aromatic heterocycles. The molecule has 1 saturated carbocycles. The molecule has 1 aromatic carbocycles. The van der Waals surface area contributed by atoms with Gasteiger partial charge in [0, 0.05) is 11.7 Å². The molecule has 1 amide bonds. The molecular formula is C21H30N4OS. The number of thioether (sulfide) groups is 1. The fourth-order valence-corrected chi connectivity index (χ4v) is 4.56. The average Bonchev–Trinajstić information content (AvgIpc) is 3.03. The van der Waals surface area contributed by atoms with Crippen LogP contribution < -0.4 is 5.32 Å². The first kappa shape index (κ1) is 19.9. The second kappa shape index (κ2) is 8.91. The average molecular weight is 387 g/mol. The van der Waals surface area contributed by atoms with Gasteiger partial charge in [0.15, 0.2) is 5.16 Å². The normalized spacial score (nSPS) is 16.5. The molecule has 0 bridgehead atoms. The Morgan fingerprint density at radius 2 is 1.78 bits per heavy atom. The molecule has 1 heterocycles. The maximum Gasteiger partial charge on any atom is 0.237 e. The Balaban J connectivity index is 1.64. The molecule has 6 heteroatoms. The number of rotatable bonds is 6. The molecule has 1 aliphatic rings. The summed E-state index contributed by atoms with van der Waals surface area (Å²) in [5.41, 5.74) is 2.10. The first-order valence-electron chi connectivity index (χ1n) is 9.94. The lowest BCUT2D eigenvalue weighted by atomic mass is 9.95. The quantitative estimate of drug-likeness (QED) is 0.681. The minimum absolute atomic E-state index is 0.00635. The summed E-state index contributed by atoms with van der Waals surface area (Å²) < 4.78 is 2.24. The van der Waals surface area contributed by atoms with Gasteiger partial charge in [-0.05, 0) is 50.3 Å². The second-order valence-corrected chi connectivity index (χ2v) is 9.03. The number of benzene rings is 1. The number of aryl methyl sites for hydroxylation is 1. The van der Waals surface area contributed by atoms with Crippen molar-refractivity contribution in [3.05, 3.63) is 35.7 Å². The highest BCUT2D eigenvalue weighted by molar-refractivity contribution is 8.00. The molecule has 146 valence electrons. The van der Waals surface area contributed by atoms with Gasteiger partial charge < -0.3 is 9.88 Å². The van der Waals surface area contributed by atoms with Crippen LogP contribution in [-0.4, -0.2) is 25.9 Å². The van der Waals surface area contributed by atoms with Crippen LogP contribution in [0.5, 0.6) is 0 Å². The van der Waals surface area contributed by atoms with Crippen LogP contribution in [0.15, 0.2) is 29.4 Å². The maximum absolute atomic E-state index is 12.6. The van der Waals surface area contributed by atoms with Gasteiger partial charge in [-0.3, -0.25) is 4.79 Å². The Kier molecular flexibility index (Phi) is 6.58. The Morgan fingerprint density at radius 3 is 2.41 bits per heavy atom. The van der Waals surface area contributed by atoms with Gasteiger partial charge in [-0.1, -0.05) is 57.0 Å². The summed E-state index contributed by atoms with van der Waals surface area (Å²) in [5, 5.41) is 12.3. The van der Waals surface area contributed by atoms with E-state index in [1.165, 1.54) is 49.4 Å². The third-order valence-corrected chi connectivity index (χ3v) is 6.33. The van der Waals surface area contributed by atoms with Gasteiger partial charge in [0.05, 0.1) is 5.25 Å². The van der Waals surface area contributed by atoms with E-state index in [0.29, 0.717) is 12.0 Å². The molecule has 27 heavy (non-hydrogen) atoms. The zero-order valence-electron chi connectivity index (χ0n) is 16.7. The highest BCUT2D eigenvalue weighted by Crippen LogP contribution is 2.33. The topological polar surface area (TPSA) is 59.8 Å². The fourth-order valence-electron chi connectivity index (χ4n) is 3.60. The Labute approximate surface area is 166 Å². The Hall–Kier alpha value is -1.82. The van der Waals surface area contributed by atoms with Gasteiger partial charge in [0.25, 0.3) is 0 Å². The highest BCUT2D eigenvalue weighted by atomic mass is 32.2. The van der Waals surface area contributed by atoms with Crippen LogP contribution in [0.2, 0.25) is 0 Å². The summed E-state index contributed by atoms with van der Waals surface area (Å²) >= 11 is 1.50. The van der Waals surface area contributed by atoms with E-state index in [1.54, 1.807) is 0 Å². The number of amides is 1. The summed E-state index contributed by atoms with van der Waals surface area (Å²) in [4.78, 5) is 12.6. The van der Waals surface area contributed by atoms with E-state index in [2.05, 4.69) is 46.1 Å². The second-order valence-electron chi connectivity index (χ2n) is 7.72. The zero-order chi connectivity index (χ0) is 19.4. The van der Waals surface area contributed by atoms with Crippen molar-refractivity contribution >= 4 is 23.4 Å². The molecule has 1 fully saturated rings. The van der Waals surface area contributed by atoms with Crippen LogP contribution in [0.3, 0.4) is 0 Å². The molecule has 0 radical (unpaired) electrons. The molecule has 2 aromatic rings. The van der Waals surface area contributed by atoms with Gasteiger partial charge in [-0.15, -0.1) is 10.2 Å². The molecule has 5 nitrogen and oxygen atoms in total. The number of carbonyl (C=O) groups excluding carboxylic acids is 1. The van der Waals surface area contributed by atoms with Gasteiger partial charge in [0.2, 0.25) is 5.91 Å². The Morgan fingerprint density at radius 1 is 1.11 bits per heavy atom. The third kappa shape index (κ3) is 4.92. The summed E-state index contributed by atoms with van der Waals surface area (Å²) in [7, 11) is 0. The van der Waals surface area contributed by atoms with E-state index in [0.717, 1.165) is 16.7 Å². The molecule has 1 atom stereocenters. The number of nitrogens with one attached hydrogen (secondary N) is 1. The predicted molar refractivity (Wildman–Crippen MR) is 111 cm³/mol. The summed E-state index contributed by atoms with van der Waals surface area (Å²) in [6, 6.07) is 8.55. The van der Waals surface area contributed by atoms with E-state index in [1.807, 2.05) is 26.0 Å². The van der Waals surface area contributed by atoms with E-state index < -0.39 is 0 Å². The highest BCUT2D eigenvalue weighted by Gasteiger charge is 2.24. The minimum Gasteiger partial charge on any atom is -0.325 e. The van der Waals surface area contributed by atoms with Gasteiger partial charge in [-0.25, -0.2) is 0 Å². The van der Waals surface area contributed by atoms with E-state index in [4.69, 9.17) is 0 Å². The van der Waals surface area contributed by atoms with Crippen molar-refractivity contribution < 1.29 is 4.79 Å². The lowest BCUT2D eigenvalue weighted by Crippen LogP contribution is -2.23. The monoisotopic (exact) mass is 386 g/mol. The number of anilines is 1. The molecule has 3 rings (SSSR count). The lowest BCUT2D eigenvalue weighted by molar-refractivity contribution is -0.115. The molecule has 1 N–H and O–H groups in total. The number of aromatic nitrogens is 3. The fraction of sp³-hybridized carbons (Fsp3) is 0.571. The zero-order valence-corrected chi connectivity index (χ0v) is 17.6. The summed E-state index contributed by atoms with van der Waals surface area (Å²) in [5.74, 6) is 1.42. The number of hydrogen-bond acceptors (Lipinski definition) is 4. The molecule has 0 saturated heterocycles. The number of carbonyl (C=O) groups is 1. The first-order valence-corrected chi connectivity index (χ1v) is 10.8. The van der Waals surface area contributed by atoms with Gasteiger partial charge >= 0.3 is 0 Å². The van der Waals surface area contributed by atoms with Crippen molar-refractivity contribution in [1.82, 2.24) is 14.8 Å². The van der Waals surface area contributed by atoms with Crippen molar-refractivity contribution in [2.75, 3.05) is 5.32 Å². The van der Waals surface area contributed by atoms with Crippen molar-refractivity contribution in [2.24, 2.45) is 0 Å². The van der Waals surface area contributed by atoms with Crippen LogP contribution in [0.4, 0.5) is 5.69 Å². The van der Waals surface area contributed by atoms with Gasteiger partial charge in [0.1, 0.15) is 5.82 Å². The maximum atomic E-state index is 12.6. The molecule has 0 spiro atoms. The Bertz CT molecular complexity index is 763. The van der Waals surface area contributed by atoms with Crippen LogP contribution in [-0.2, 0) is 4.79 Å². The lowest BCUT2D eigenvalue weighted by Gasteiger charge is -2.25. The summed E-state index contributed by atoms with van der Waals surface area (Å²) in [6.45, 7) is 8.26. The van der Waals surface area contributed by atoms with E-state index in [9.17, 15) is 4.79 Å². The molecular weight excluding hydrogens is 356 g/mol. The molecule has 0 aliphatic heterocycles. The smallest absolute Gasteiger partial charge is 0.237 e. The van der Waals surface area contributed by atoms with Crippen LogP contribution >= 0.6 is 11.8 Å². The standard InChI is InChI=1S/C21H30N4OS/c1-14(2)17-10-12-18(13-11-17)22-20(26)15(3)27-21-24-23-16(4)25(21)19-8-6-5-7-9-19/h10-15,19H,5-9H2,1-4H3,(H,22,26)/t15-/m0/s1. The van der Waals surface area contributed by atoms with Crippen molar-refractivity contribution in [2.45, 2.75) is 82.2 Å². The summed E-state index contributed by atoms with van der Waals surface area (Å²) in [6.07, 6.45) is 6.18. The molecule has 0 unspecified atom stereocenters. The third-order valence-electron chi connectivity index (χ3n) is 5.27. The van der Waals surface area contributed by atoms with Crippen molar-refractivity contribution in [3.63, 3.8) is 0 Å². The van der Waals surface area contributed by atoms with E-state index >= 15 is 0 Å². The first-order chi connectivity index (χ1) is 13.0. The SMILES string of the molecule is Cc1nnc(S[C@@H](C)C(=O)Nc2ccc(C(C)C)cc2)n1C1CCCCC1. The molecule has 1 aliphatic carbocycles.